The van der Waals surface area contributed by atoms with Crippen LogP contribution in [-0.4, -0.2) is 56.0 Å². The predicted molar refractivity (Wildman–Crippen MR) is 84.5 cm³/mol. The van der Waals surface area contributed by atoms with E-state index in [1.54, 1.807) is 11.0 Å². The van der Waals surface area contributed by atoms with E-state index < -0.39 is 0 Å². The van der Waals surface area contributed by atoms with Gasteiger partial charge in [-0.3, -0.25) is 9.69 Å². The Morgan fingerprint density at radius 1 is 1.27 bits per heavy atom. The third-order valence-electron chi connectivity index (χ3n) is 4.13. The first-order chi connectivity index (χ1) is 10.5. The summed E-state index contributed by atoms with van der Waals surface area (Å²) in [5, 5.41) is 0. The van der Waals surface area contributed by atoms with E-state index in [1.165, 1.54) is 7.11 Å². The van der Waals surface area contributed by atoms with Crippen molar-refractivity contribution in [2.24, 2.45) is 5.92 Å². The first-order valence-corrected chi connectivity index (χ1v) is 7.62. The van der Waals surface area contributed by atoms with E-state index in [2.05, 4.69) is 4.90 Å². The van der Waals surface area contributed by atoms with Gasteiger partial charge in [-0.15, -0.1) is 0 Å². The number of benzene rings is 1. The molecule has 0 aliphatic carbocycles. The lowest BCUT2D eigenvalue weighted by Crippen LogP contribution is -2.39. The lowest BCUT2D eigenvalue weighted by molar-refractivity contribution is -0.134. The van der Waals surface area contributed by atoms with Crippen molar-refractivity contribution in [1.82, 2.24) is 9.80 Å². The number of piperidine rings is 1. The molecule has 1 heterocycles. The third kappa shape index (κ3) is 4.07. The van der Waals surface area contributed by atoms with Crippen LogP contribution in [0.15, 0.2) is 24.3 Å². The van der Waals surface area contributed by atoms with Crippen LogP contribution in [0.3, 0.4) is 0 Å². The molecular formula is C17H24N2O3. The molecule has 1 aromatic carbocycles. The van der Waals surface area contributed by atoms with Crippen LogP contribution >= 0.6 is 0 Å². The van der Waals surface area contributed by atoms with Crippen LogP contribution in [0, 0.1) is 5.92 Å². The van der Waals surface area contributed by atoms with Crippen molar-refractivity contribution in [1.29, 1.82) is 0 Å². The van der Waals surface area contributed by atoms with Crippen molar-refractivity contribution in [2.75, 3.05) is 34.3 Å². The standard InChI is InChI=1S/C17H24N2O3/c1-18(2)16(20)14-7-9-19(10-8-14)12-13-5-4-6-15(11-13)17(21)22-3/h4-6,11,14H,7-10,12H2,1-3H3. The highest BCUT2D eigenvalue weighted by molar-refractivity contribution is 5.89. The lowest BCUT2D eigenvalue weighted by atomic mass is 9.95. The molecule has 1 fully saturated rings. The molecule has 0 radical (unpaired) electrons. The normalized spacial score (nSPS) is 16.3. The number of rotatable bonds is 4. The molecule has 1 amide bonds. The summed E-state index contributed by atoms with van der Waals surface area (Å²) in [7, 11) is 5.02. The van der Waals surface area contributed by atoms with Crippen molar-refractivity contribution in [3.8, 4) is 0 Å². The van der Waals surface area contributed by atoms with Crippen LogP contribution in [0.4, 0.5) is 0 Å². The molecule has 0 atom stereocenters. The van der Waals surface area contributed by atoms with E-state index in [-0.39, 0.29) is 17.8 Å². The second-order valence-corrected chi connectivity index (χ2v) is 5.98. The monoisotopic (exact) mass is 304 g/mol. The molecule has 0 N–H and O–H groups in total. The zero-order valence-corrected chi connectivity index (χ0v) is 13.5. The Bertz CT molecular complexity index is 534. The third-order valence-corrected chi connectivity index (χ3v) is 4.13. The van der Waals surface area contributed by atoms with Gasteiger partial charge in [0.05, 0.1) is 12.7 Å². The van der Waals surface area contributed by atoms with E-state index in [0.29, 0.717) is 5.56 Å². The fourth-order valence-corrected chi connectivity index (χ4v) is 2.88. The van der Waals surface area contributed by atoms with Crippen LogP contribution in [0.5, 0.6) is 0 Å². The van der Waals surface area contributed by atoms with Crippen LogP contribution in [0.2, 0.25) is 0 Å². The second-order valence-electron chi connectivity index (χ2n) is 5.98. The molecule has 1 aliphatic rings. The Hall–Kier alpha value is -1.88. The molecule has 120 valence electrons. The SMILES string of the molecule is COC(=O)c1cccc(CN2CCC(C(=O)N(C)C)CC2)c1. The van der Waals surface area contributed by atoms with Gasteiger partial charge in [0.15, 0.2) is 0 Å². The number of likely N-dealkylation sites (tertiary alicyclic amines) is 1. The summed E-state index contributed by atoms with van der Waals surface area (Å²) >= 11 is 0. The molecule has 1 aliphatic heterocycles. The highest BCUT2D eigenvalue weighted by Gasteiger charge is 2.25. The lowest BCUT2D eigenvalue weighted by Gasteiger charge is -2.32. The fraction of sp³-hybridized carbons (Fsp3) is 0.529. The van der Waals surface area contributed by atoms with Gasteiger partial charge < -0.3 is 9.64 Å². The molecule has 0 aromatic heterocycles. The van der Waals surface area contributed by atoms with Gasteiger partial charge in [-0.05, 0) is 43.6 Å². The highest BCUT2D eigenvalue weighted by atomic mass is 16.5. The van der Waals surface area contributed by atoms with Crippen LogP contribution in [0.1, 0.15) is 28.8 Å². The summed E-state index contributed by atoms with van der Waals surface area (Å²) in [5.74, 6) is 0.0668. The maximum Gasteiger partial charge on any atom is 0.337 e. The molecule has 1 aromatic rings. The number of methoxy groups -OCH3 is 1. The summed E-state index contributed by atoms with van der Waals surface area (Å²) in [6.07, 6.45) is 1.79. The number of hydrogen-bond donors (Lipinski definition) is 0. The van der Waals surface area contributed by atoms with Gasteiger partial charge in [-0.25, -0.2) is 4.79 Å². The largest absolute Gasteiger partial charge is 0.465 e. The Balaban J connectivity index is 1.91. The molecule has 0 spiro atoms. The zero-order chi connectivity index (χ0) is 16.1. The maximum absolute atomic E-state index is 12.0. The quantitative estimate of drug-likeness (QED) is 0.796. The first-order valence-electron chi connectivity index (χ1n) is 7.62. The van der Waals surface area contributed by atoms with E-state index in [9.17, 15) is 9.59 Å². The maximum atomic E-state index is 12.0. The predicted octanol–water partition coefficient (Wildman–Crippen LogP) is 1.77. The molecule has 0 bridgehead atoms. The Kier molecular flexibility index (Phi) is 5.55. The number of amides is 1. The van der Waals surface area contributed by atoms with Gasteiger partial charge in [0, 0.05) is 26.6 Å². The number of carbonyl (C=O) groups excluding carboxylic acids is 2. The van der Waals surface area contributed by atoms with Gasteiger partial charge in [0.2, 0.25) is 5.91 Å². The topological polar surface area (TPSA) is 49.9 Å². The van der Waals surface area contributed by atoms with Crippen molar-refractivity contribution >= 4 is 11.9 Å². The Labute approximate surface area is 131 Å². The van der Waals surface area contributed by atoms with Crippen LogP contribution in [-0.2, 0) is 16.1 Å². The van der Waals surface area contributed by atoms with Gasteiger partial charge in [0.1, 0.15) is 0 Å². The number of carbonyl (C=O) groups is 2. The number of ether oxygens (including phenoxy) is 1. The molecular weight excluding hydrogens is 280 g/mol. The highest BCUT2D eigenvalue weighted by Crippen LogP contribution is 2.20. The summed E-state index contributed by atoms with van der Waals surface area (Å²) in [5.41, 5.74) is 1.68. The van der Waals surface area contributed by atoms with Gasteiger partial charge >= 0.3 is 5.97 Å². The van der Waals surface area contributed by atoms with Crippen molar-refractivity contribution < 1.29 is 14.3 Å². The van der Waals surface area contributed by atoms with Crippen molar-refractivity contribution in [2.45, 2.75) is 19.4 Å². The minimum Gasteiger partial charge on any atom is -0.465 e. The van der Waals surface area contributed by atoms with Crippen molar-refractivity contribution in [3.63, 3.8) is 0 Å². The average molecular weight is 304 g/mol. The van der Waals surface area contributed by atoms with Crippen LogP contribution in [0.25, 0.3) is 0 Å². The van der Waals surface area contributed by atoms with Gasteiger partial charge in [0.25, 0.3) is 0 Å². The Morgan fingerprint density at radius 3 is 2.55 bits per heavy atom. The Morgan fingerprint density at radius 2 is 1.95 bits per heavy atom. The summed E-state index contributed by atoms with van der Waals surface area (Å²) in [6.45, 7) is 2.62. The molecule has 1 saturated heterocycles. The fourth-order valence-electron chi connectivity index (χ4n) is 2.88. The van der Waals surface area contributed by atoms with E-state index in [4.69, 9.17) is 4.74 Å². The zero-order valence-electron chi connectivity index (χ0n) is 13.5. The summed E-state index contributed by atoms with van der Waals surface area (Å²) < 4.78 is 4.75. The van der Waals surface area contributed by atoms with E-state index in [0.717, 1.165) is 38.0 Å². The van der Waals surface area contributed by atoms with Gasteiger partial charge in [-0.1, -0.05) is 12.1 Å². The molecule has 0 unspecified atom stereocenters. The summed E-state index contributed by atoms with van der Waals surface area (Å²) in [6, 6.07) is 7.54. The molecule has 2 rings (SSSR count). The van der Waals surface area contributed by atoms with E-state index >= 15 is 0 Å². The molecule has 5 heteroatoms. The molecule has 0 saturated carbocycles. The first kappa shape index (κ1) is 16.5. The molecule has 5 nitrogen and oxygen atoms in total. The van der Waals surface area contributed by atoms with Crippen molar-refractivity contribution in [3.05, 3.63) is 35.4 Å². The van der Waals surface area contributed by atoms with Gasteiger partial charge in [-0.2, -0.15) is 0 Å². The average Bonchev–Trinajstić information content (AvgIpc) is 2.54. The minimum atomic E-state index is -0.308. The second kappa shape index (κ2) is 7.40. The number of hydrogen-bond acceptors (Lipinski definition) is 4. The number of esters is 1. The smallest absolute Gasteiger partial charge is 0.337 e. The summed E-state index contributed by atoms with van der Waals surface area (Å²) in [4.78, 5) is 27.5. The minimum absolute atomic E-state index is 0.146. The van der Waals surface area contributed by atoms with E-state index in [1.807, 2.05) is 32.3 Å². The van der Waals surface area contributed by atoms with Crippen LogP contribution < -0.4 is 0 Å². The molecule has 22 heavy (non-hydrogen) atoms. The number of nitrogens with zero attached hydrogens (tertiary/aromatic N) is 2.